The summed E-state index contributed by atoms with van der Waals surface area (Å²) in [5.74, 6) is -2.60. The van der Waals surface area contributed by atoms with Crippen LogP contribution in [0, 0.1) is 0 Å². The number of hydrogen-bond donors (Lipinski definition) is 6. The molecule has 0 radical (unpaired) electrons. The second-order valence-electron chi connectivity index (χ2n) is 5.12. The number of carboxylic acids is 2. The number of aliphatic carboxylic acids is 2. The van der Waals surface area contributed by atoms with Gasteiger partial charge in [0.2, 0.25) is 0 Å². The van der Waals surface area contributed by atoms with Crippen molar-refractivity contribution in [3.63, 3.8) is 0 Å². The van der Waals surface area contributed by atoms with E-state index in [1.807, 2.05) is 0 Å². The summed E-state index contributed by atoms with van der Waals surface area (Å²) in [5, 5.41) is 16.8. The summed E-state index contributed by atoms with van der Waals surface area (Å²) in [6, 6.07) is -0.716. The molecule has 0 bridgehead atoms. The van der Waals surface area contributed by atoms with Crippen molar-refractivity contribution in [2.45, 2.75) is 56.5 Å². The molecule has 0 rings (SSSR count). The van der Waals surface area contributed by atoms with Crippen LogP contribution in [0.15, 0.2) is 0 Å². The molecule has 0 aliphatic rings. The molecule has 10 N–H and O–H groups in total. The molecular weight excluding hydrogens is 314 g/mol. The minimum Gasteiger partial charge on any atom is -0.480 e. The predicted molar refractivity (Wildman–Crippen MR) is 82.0 cm³/mol. The van der Waals surface area contributed by atoms with E-state index in [-0.39, 0.29) is 6.42 Å². The Kier molecular flexibility index (Phi) is 13.6. The van der Waals surface area contributed by atoms with E-state index in [4.69, 9.17) is 33.1 Å². The lowest BCUT2D eigenvalue weighted by atomic mass is 9.94. The summed E-state index contributed by atoms with van der Waals surface area (Å²) in [6.45, 7) is 0.950. The molecule has 0 saturated carbocycles. The summed E-state index contributed by atoms with van der Waals surface area (Å²) < 4.78 is 24.4. The summed E-state index contributed by atoms with van der Waals surface area (Å²) in [7, 11) is 0. The Balaban J connectivity index is 0. The summed E-state index contributed by atoms with van der Waals surface area (Å²) in [4.78, 5) is 20.6. The van der Waals surface area contributed by atoms with Gasteiger partial charge in [-0.25, -0.2) is 13.6 Å². The highest BCUT2D eigenvalue weighted by molar-refractivity contribution is 5.79. The molecule has 0 aromatic carbocycles. The molecule has 138 valence electrons. The number of hydrogen-bond acceptors (Lipinski definition) is 6. The summed E-state index contributed by atoms with van der Waals surface area (Å²) in [6.07, 6.45) is -0.347. The van der Waals surface area contributed by atoms with Gasteiger partial charge in [0.15, 0.2) is 5.54 Å². The molecule has 2 atom stereocenters. The first-order valence-electron chi connectivity index (χ1n) is 7.32. The molecule has 0 aromatic rings. The van der Waals surface area contributed by atoms with Gasteiger partial charge in [-0.15, -0.1) is 0 Å². The number of unbranched alkanes of at least 4 members (excludes halogenated alkanes) is 2. The predicted octanol–water partition coefficient (Wildman–Crippen LogP) is -0.310. The maximum atomic E-state index is 12.2. The Morgan fingerprint density at radius 1 is 1.00 bits per heavy atom. The van der Waals surface area contributed by atoms with Crippen LogP contribution in [-0.2, 0) is 9.59 Å². The lowest BCUT2D eigenvalue weighted by molar-refractivity contribution is -0.150. The monoisotopic (exact) mass is 342 g/mol. The Bertz CT molecular complexity index is 348. The van der Waals surface area contributed by atoms with Crippen molar-refractivity contribution in [2.24, 2.45) is 22.9 Å². The van der Waals surface area contributed by atoms with E-state index in [2.05, 4.69) is 0 Å². The number of halogens is 2. The second kappa shape index (κ2) is 13.1. The van der Waals surface area contributed by atoms with Crippen LogP contribution >= 0.6 is 0 Å². The van der Waals surface area contributed by atoms with E-state index in [9.17, 15) is 18.4 Å². The molecule has 8 nitrogen and oxygen atoms in total. The zero-order chi connectivity index (χ0) is 18.5. The van der Waals surface area contributed by atoms with Gasteiger partial charge in [-0.1, -0.05) is 6.42 Å². The molecule has 0 spiro atoms. The highest BCUT2D eigenvalue weighted by atomic mass is 19.3. The molecule has 10 heteroatoms. The molecule has 0 unspecified atom stereocenters. The largest absolute Gasteiger partial charge is 0.480 e. The first-order valence-corrected chi connectivity index (χ1v) is 7.32. The number of alkyl halides is 2. The molecule has 23 heavy (non-hydrogen) atoms. The lowest BCUT2D eigenvalue weighted by Crippen LogP contribution is -2.54. The fraction of sp³-hybridized carbons (Fsp3) is 0.846. The Hall–Kier alpha value is -1.36. The molecule has 0 aliphatic carbocycles. The molecule has 0 amide bonds. The SMILES string of the molecule is NCCCC[C@H](N)C(=O)O.NCCCC[C@](N)(C(=O)O)C(F)F. The van der Waals surface area contributed by atoms with Crippen molar-refractivity contribution >= 4 is 11.9 Å². The highest BCUT2D eigenvalue weighted by Gasteiger charge is 2.42. The van der Waals surface area contributed by atoms with Gasteiger partial charge in [-0.05, 0) is 45.2 Å². The lowest BCUT2D eigenvalue weighted by Gasteiger charge is -2.23. The topological polar surface area (TPSA) is 179 Å². The standard InChI is InChI=1S/C7H14F2N2O2.C6H14N2O2/c8-5(9)7(11,6(12)13)3-1-2-4-10;7-4-2-1-3-5(8)6(9)10/h5H,1-4,10-11H2,(H,12,13);5H,1-4,7-8H2,(H,9,10)/t7-;5-/m10/s1. The van der Waals surface area contributed by atoms with E-state index < -0.39 is 29.9 Å². The van der Waals surface area contributed by atoms with Crippen LogP contribution in [0.1, 0.15) is 38.5 Å². The van der Waals surface area contributed by atoms with E-state index in [0.717, 1.165) is 12.8 Å². The van der Waals surface area contributed by atoms with Gasteiger partial charge in [0.25, 0.3) is 6.43 Å². The van der Waals surface area contributed by atoms with Crippen molar-refractivity contribution < 1.29 is 28.6 Å². The third kappa shape index (κ3) is 10.9. The number of carbonyl (C=O) groups is 2. The van der Waals surface area contributed by atoms with Crippen LogP contribution in [0.5, 0.6) is 0 Å². The number of nitrogens with two attached hydrogens (primary N) is 4. The van der Waals surface area contributed by atoms with Crippen LogP contribution in [0.2, 0.25) is 0 Å². The molecule has 0 aromatic heterocycles. The molecular formula is C13H28F2N4O4. The van der Waals surface area contributed by atoms with Gasteiger partial charge >= 0.3 is 11.9 Å². The van der Waals surface area contributed by atoms with Crippen LogP contribution in [0.25, 0.3) is 0 Å². The van der Waals surface area contributed by atoms with E-state index in [1.165, 1.54) is 0 Å². The van der Waals surface area contributed by atoms with Crippen LogP contribution in [0.3, 0.4) is 0 Å². The first kappa shape index (κ1) is 23.9. The minimum absolute atomic E-state index is 0.253. The Labute approximate surface area is 134 Å². The van der Waals surface area contributed by atoms with Gasteiger partial charge < -0.3 is 33.1 Å². The average Bonchev–Trinajstić information content (AvgIpc) is 2.47. The maximum Gasteiger partial charge on any atom is 0.329 e. The van der Waals surface area contributed by atoms with Crippen molar-refractivity contribution in [2.75, 3.05) is 13.1 Å². The van der Waals surface area contributed by atoms with Crippen molar-refractivity contribution in [3.8, 4) is 0 Å². The third-order valence-corrected chi connectivity index (χ3v) is 3.12. The van der Waals surface area contributed by atoms with Gasteiger partial charge in [0.05, 0.1) is 0 Å². The van der Waals surface area contributed by atoms with Gasteiger partial charge in [0, 0.05) is 0 Å². The van der Waals surface area contributed by atoms with E-state index >= 15 is 0 Å². The quantitative estimate of drug-likeness (QED) is 0.277. The zero-order valence-corrected chi connectivity index (χ0v) is 13.1. The van der Waals surface area contributed by atoms with E-state index in [1.54, 1.807) is 0 Å². The van der Waals surface area contributed by atoms with Crippen LogP contribution < -0.4 is 22.9 Å². The van der Waals surface area contributed by atoms with Crippen LogP contribution in [0.4, 0.5) is 8.78 Å². The Morgan fingerprint density at radius 2 is 1.48 bits per heavy atom. The summed E-state index contributed by atoms with van der Waals surface area (Å²) >= 11 is 0. The highest BCUT2D eigenvalue weighted by Crippen LogP contribution is 2.20. The number of carboxylic acid groups (broad SMARTS) is 2. The number of rotatable bonds is 11. The molecule has 0 saturated heterocycles. The maximum absolute atomic E-state index is 12.2. The van der Waals surface area contributed by atoms with Gasteiger partial charge in [-0.3, -0.25) is 4.79 Å². The Morgan fingerprint density at radius 3 is 1.83 bits per heavy atom. The minimum atomic E-state index is -3.05. The zero-order valence-electron chi connectivity index (χ0n) is 13.1. The average molecular weight is 342 g/mol. The smallest absolute Gasteiger partial charge is 0.329 e. The fourth-order valence-electron chi connectivity index (χ4n) is 1.50. The molecule has 0 heterocycles. The normalized spacial score (nSPS) is 14.6. The third-order valence-electron chi connectivity index (χ3n) is 3.12. The van der Waals surface area contributed by atoms with Crippen molar-refractivity contribution in [3.05, 3.63) is 0 Å². The van der Waals surface area contributed by atoms with Crippen LogP contribution in [-0.4, -0.2) is 53.2 Å². The first-order chi connectivity index (χ1) is 10.6. The molecule has 0 aliphatic heterocycles. The van der Waals surface area contributed by atoms with E-state index in [0.29, 0.717) is 32.4 Å². The van der Waals surface area contributed by atoms with Crippen molar-refractivity contribution in [1.29, 1.82) is 0 Å². The fourth-order valence-corrected chi connectivity index (χ4v) is 1.50. The second-order valence-corrected chi connectivity index (χ2v) is 5.12. The van der Waals surface area contributed by atoms with Crippen molar-refractivity contribution in [1.82, 2.24) is 0 Å². The molecule has 0 fully saturated rings. The van der Waals surface area contributed by atoms with Gasteiger partial charge in [0.1, 0.15) is 6.04 Å². The van der Waals surface area contributed by atoms with Gasteiger partial charge in [-0.2, -0.15) is 0 Å². The summed E-state index contributed by atoms with van der Waals surface area (Å²) in [5.41, 5.74) is 18.2.